The molecule has 0 amide bonds. The number of hydrogen-bond donors (Lipinski definition) is 2. The Morgan fingerprint density at radius 1 is 1.33 bits per heavy atom. The van der Waals surface area contributed by atoms with Crippen LogP contribution in [0.5, 0.6) is 0 Å². The Balaban J connectivity index is 1.88. The van der Waals surface area contributed by atoms with Crippen LogP contribution < -0.4 is 10.6 Å². The number of nitrogens with one attached hydrogen (secondary N) is 2. The van der Waals surface area contributed by atoms with E-state index in [0.29, 0.717) is 12.6 Å². The fourth-order valence-electron chi connectivity index (χ4n) is 3.76. The van der Waals surface area contributed by atoms with Crippen molar-refractivity contribution in [3.8, 4) is 0 Å². The average molecular weight is 295 g/mol. The van der Waals surface area contributed by atoms with Crippen LogP contribution in [-0.4, -0.2) is 43.0 Å². The smallest absolute Gasteiger partial charge is 0.330 e. The molecule has 2 rings (SSSR count). The first-order valence-electron chi connectivity index (χ1n) is 8.09. The van der Waals surface area contributed by atoms with Crippen molar-refractivity contribution in [3.63, 3.8) is 0 Å². The molecule has 2 N–H and O–H groups in total. The average Bonchev–Trinajstić information content (AvgIpc) is 2.46. The lowest BCUT2D eigenvalue weighted by atomic mass is 9.79. The molecule has 2 aliphatic rings. The van der Waals surface area contributed by atoms with Gasteiger partial charge in [0.2, 0.25) is 0 Å². The Bertz CT molecular complexity index is 351. The SMILES string of the molecule is C=CC(=O)OCCC1NCNCN1C1CC(C)CC(C)C1. The third kappa shape index (κ3) is 4.80. The van der Waals surface area contributed by atoms with E-state index >= 15 is 0 Å². The number of rotatable bonds is 5. The first kappa shape index (κ1) is 16.5. The van der Waals surface area contributed by atoms with E-state index in [1.54, 1.807) is 0 Å². The number of esters is 1. The lowest BCUT2D eigenvalue weighted by Crippen LogP contribution is -2.62. The van der Waals surface area contributed by atoms with Crippen LogP contribution in [0.25, 0.3) is 0 Å². The molecule has 1 heterocycles. The van der Waals surface area contributed by atoms with Gasteiger partial charge in [-0.1, -0.05) is 20.4 Å². The number of nitrogens with zero attached hydrogens (tertiary/aromatic N) is 1. The van der Waals surface area contributed by atoms with Gasteiger partial charge in [-0.2, -0.15) is 0 Å². The molecule has 0 spiro atoms. The Kier molecular flexibility index (Phi) is 6.21. The van der Waals surface area contributed by atoms with Gasteiger partial charge < -0.3 is 4.74 Å². The molecule has 0 radical (unpaired) electrons. The minimum Gasteiger partial charge on any atom is -0.462 e. The summed E-state index contributed by atoms with van der Waals surface area (Å²) in [5.41, 5.74) is 0. The van der Waals surface area contributed by atoms with Gasteiger partial charge in [-0.25, -0.2) is 4.79 Å². The maximum absolute atomic E-state index is 11.1. The van der Waals surface area contributed by atoms with Crippen molar-refractivity contribution in [2.24, 2.45) is 11.8 Å². The van der Waals surface area contributed by atoms with Gasteiger partial charge in [-0.15, -0.1) is 0 Å². The van der Waals surface area contributed by atoms with E-state index in [2.05, 4.69) is 36.0 Å². The summed E-state index contributed by atoms with van der Waals surface area (Å²) in [6.45, 7) is 10.3. The van der Waals surface area contributed by atoms with Crippen molar-refractivity contribution in [1.29, 1.82) is 0 Å². The van der Waals surface area contributed by atoms with Gasteiger partial charge in [0.1, 0.15) is 0 Å². The second-order valence-electron chi connectivity index (χ2n) is 6.55. The standard InChI is InChI=1S/C16H29N3O2/c1-4-16(20)21-6-5-15-18-10-17-11-19(15)14-8-12(2)7-13(3)9-14/h4,12-15,17-18H,1,5-11H2,2-3H3. The quantitative estimate of drug-likeness (QED) is 0.597. The van der Waals surface area contributed by atoms with Crippen molar-refractivity contribution in [1.82, 2.24) is 15.5 Å². The number of hydrogen-bond acceptors (Lipinski definition) is 5. The van der Waals surface area contributed by atoms with Gasteiger partial charge in [-0.05, 0) is 31.1 Å². The topological polar surface area (TPSA) is 53.6 Å². The van der Waals surface area contributed by atoms with Crippen molar-refractivity contribution < 1.29 is 9.53 Å². The zero-order chi connectivity index (χ0) is 15.2. The highest BCUT2D eigenvalue weighted by molar-refractivity contribution is 5.81. The van der Waals surface area contributed by atoms with E-state index in [1.165, 1.54) is 25.3 Å². The van der Waals surface area contributed by atoms with E-state index in [9.17, 15) is 4.79 Å². The number of carbonyl (C=O) groups is 1. The molecule has 1 saturated carbocycles. The maximum Gasteiger partial charge on any atom is 0.330 e. The van der Waals surface area contributed by atoms with Crippen molar-refractivity contribution in [2.75, 3.05) is 19.9 Å². The molecule has 0 bridgehead atoms. The first-order chi connectivity index (χ1) is 10.1. The molecule has 0 aromatic rings. The molecule has 21 heavy (non-hydrogen) atoms. The van der Waals surface area contributed by atoms with Gasteiger partial charge in [0.15, 0.2) is 0 Å². The van der Waals surface area contributed by atoms with E-state index in [-0.39, 0.29) is 12.1 Å². The van der Waals surface area contributed by atoms with Crippen LogP contribution in [0, 0.1) is 11.8 Å². The summed E-state index contributed by atoms with van der Waals surface area (Å²) >= 11 is 0. The molecule has 3 atom stereocenters. The van der Waals surface area contributed by atoms with Gasteiger partial charge in [-0.3, -0.25) is 15.5 Å². The van der Waals surface area contributed by atoms with Gasteiger partial charge in [0.05, 0.1) is 19.4 Å². The molecule has 1 aliphatic carbocycles. The summed E-state index contributed by atoms with van der Waals surface area (Å²) in [5.74, 6) is 1.25. The van der Waals surface area contributed by atoms with Crippen molar-refractivity contribution in [3.05, 3.63) is 12.7 Å². The first-order valence-corrected chi connectivity index (χ1v) is 8.09. The van der Waals surface area contributed by atoms with Gasteiger partial charge in [0, 0.05) is 25.2 Å². The largest absolute Gasteiger partial charge is 0.462 e. The Morgan fingerprint density at radius 2 is 2.05 bits per heavy atom. The van der Waals surface area contributed by atoms with Crippen LogP contribution in [0.3, 0.4) is 0 Å². The molecule has 5 heteroatoms. The Morgan fingerprint density at radius 3 is 2.71 bits per heavy atom. The molecule has 2 fully saturated rings. The Hall–Kier alpha value is -0.910. The van der Waals surface area contributed by atoms with Crippen LogP contribution in [-0.2, 0) is 9.53 Å². The lowest BCUT2D eigenvalue weighted by Gasteiger charge is -2.45. The van der Waals surface area contributed by atoms with Crippen LogP contribution in [0.15, 0.2) is 12.7 Å². The minimum absolute atomic E-state index is 0.284. The van der Waals surface area contributed by atoms with E-state index in [0.717, 1.165) is 31.6 Å². The number of ether oxygens (including phenoxy) is 1. The second-order valence-corrected chi connectivity index (χ2v) is 6.55. The highest BCUT2D eigenvalue weighted by atomic mass is 16.5. The van der Waals surface area contributed by atoms with Crippen molar-refractivity contribution >= 4 is 5.97 Å². The van der Waals surface area contributed by atoms with Crippen LogP contribution >= 0.6 is 0 Å². The van der Waals surface area contributed by atoms with E-state index in [1.807, 2.05) is 0 Å². The second kappa shape index (κ2) is 7.92. The minimum atomic E-state index is -0.338. The highest BCUT2D eigenvalue weighted by Crippen LogP contribution is 2.32. The van der Waals surface area contributed by atoms with Gasteiger partial charge >= 0.3 is 5.97 Å². The molecular formula is C16H29N3O2. The predicted octanol–water partition coefficient (Wildman–Crippen LogP) is 1.67. The molecule has 3 unspecified atom stereocenters. The highest BCUT2D eigenvalue weighted by Gasteiger charge is 2.33. The Labute approximate surface area is 128 Å². The zero-order valence-corrected chi connectivity index (χ0v) is 13.3. The zero-order valence-electron chi connectivity index (χ0n) is 13.3. The molecule has 1 saturated heterocycles. The van der Waals surface area contributed by atoms with Crippen molar-refractivity contribution in [2.45, 2.75) is 51.7 Å². The summed E-state index contributed by atoms with van der Waals surface area (Å²) in [7, 11) is 0. The molecule has 5 nitrogen and oxygen atoms in total. The van der Waals surface area contributed by atoms with Gasteiger partial charge in [0.25, 0.3) is 0 Å². The van der Waals surface area contributed by atoms with Crippen LogP contribution in [0.2, 0.25) is 0 Å². The predicted molar refractivity (Wildman–Crippen MR) is 83.4 cm³/mol. The number of carbonyl (C=O) groups excluding carboxylic acids is 1. The lowest BCUT2D eigenvalue weighted by molar-refractivity contribution is -0.138. The summed E-state index contributed by atoms with van der Waals surface area (Å²) in [4.78, 5) is 13.6. The maximum atomic E-state index is 11.1. The third-order valence-electron chi connectivity index (χ3n) is 4.58. The molecule has 120 valence electrons. The van der Waals surface area contributed by atoms with Crippen LogP contribution in [0.4, 0.5) is 0 Å². The monoisotopic (exact) mass is 295 g/mol. The molecule has 0 aromatic heterocycles. The molecule has 0 aromatic carbocycles. The summed E-state index contributed by atoms with van der Waals surface area (Å²) in [5, 5.41) is 6.88. The van der Waals surface area contributed by atoms with E-state index < -0.39 is 0 Å². The normalized spacial score (nSPS) is 34.4. The van der Waals surface area contributed by atoms with E-state index in [4.69, 9.17) is 4.74 Å². The summed E-state index contributed by atoms with van der Waals surface area (Å²) in [6, 6.07) is 0.615. The molecular weight excluding hydrogens is 266 g/mol. The fraction of sp³-hybridized carbons (Fsp3) is 0.812. The fourth-order valence-corrected chi connectivity index (χ4v) is 3.76. The third-order valence-corrected chi connectivity index (χ3v) is 4.58. The van der Waals surface area contributed by atoms with Crippen LogP contribution in [0.1, 0.15) is 39.5 Å². The summed E-state index contributed by atoms with van der Waals surface area (Å²) < 4.78 is 5.13. The summed E-state index contributed by atoms with van der Waals surface area (Å²) in [6.07, 6.45) is 6.19. The molecule has 1 aliphatic heterocycles.